The second-order valence-corrected chi connectivity index (χ2v) is 8.15. The van der Waals surface area contributed by atoms with Gasteiger partial charge >= 0.3 is 0 Å². The van der Waals surface area contributed by atoms with Crippen LogP contribution in [0.5, 0.6) is 0 Å². The molecule has 1 aromatic carbocycles. The maximum Gasteiger partial charge on any atom is 0.235 e. The van der Waals surface area contributed by atoms with Crippen LogP contribution in [0.4, 0.5) is 0 Å². The SMILES string of the molecule is Cc1nc(-c2ccccc2)sc1CS(=O)(=O)[C@@H](C)C(N)=O. The number of hydrogen-bond acceptors (Lipinski definition) is 5. The summed E-state index contributed by atoms with van der Waals surface area (Å²) in [6, 6.07) is 9.55. The number of primary amides is 1. The van der Waals surface area contributed by atoms with Crippen LogP contribution in [0.25, 0.3) is 10.6 Å². The third kappa shape index (κ3) is 3.48. The summed E-state index contributed by atoms with van der Waals surface area (Å²) in [5, 5.41) is -0.427. The monoisotopic (exact) mass is 324 g/mol. The van der Waals surface area contributed by atoms with Crippen LogP contribution in [0.3, 0.4) is 0 Å². The van der Waals surface area contributed by atoms with Crippen molar-refractivity contribution in [3.05, 3.63) is 40.9 Å². The summed E-state index contributed by atoms with van der Waals surface area (Å²) in [7, 11) is -3.61. The second-order valence-electron chi connectivity index (χ2n) is 4.75. The number of thiazole rings is 1. The van der Waals surface area contributed by atoms with Crippen molar-refractivity contribution in [2.24, 2.45) is 5.73 Å². The van der Waals surface area contributed by atoms with E-state index in [1.807, 2.05) is 30.3 Å². The normalized spacial score (nSPS) is 13.0. The Kier molecular flexibility index (Phi) is 4.43. The molecule has 112 valence electrons. The van der Waals surface area contributed by atoms with E-state index in [2.05, 4.69) is 4.98 Å². The predicted octanol–water partition coefficient (Wildman–Crippen LogP) is 1.91. The molecule has 1 atom stereocenters. The molecule has 0 spiro atoms. The molecule has 21 heavy (non-hydrogen) atoms. The molecule has 0 saturated carbocycles. The quantitative estimate of drug-likeness (QED) is 0.909. The number of benzene rings is 1. The summed E-state index contributed by atoms with van der Waals surface area (Å²) in [6.07, 6.45) is 0. The topological polar surface area (TPSA) is 90.1 Å². The number of nitrogens with two attached hydrogens (primary N) is 1. The molecular formula is C14H16N2O3S2. The van der Waals surface area contributed by atoms with Gasteiger partial charge in [0.15, 0.2) is 9.84 Å². The van der Waals surface area contributed by atoms with E-state index in [0.717, 1.165) is 10.6 Å². The lowest BCUT2D eigenvalue weighted by molar-refractivity contribution is -0.117. The highest BCUT2D eigenvalue weighted by Crippen LogP contribution is 2.29. The molecule has 0 unspecified atom stereocenters. The Labute approximate surface area is 127 Å². The van der Waals surface area contributed by atoms with Crippen LogP contribution in [0.1, 0.15) is 17.5 Å². The molecule has 2 rings (SSSR count). The Bertz CT molecular complexity index is 752. The van der Waals surface area contributed by atoms with Crippen molar-refractivity contribution in [2.45, 2.75) is 24.9 Å². The highest BCUT2D eigenvalue weighted by Gasteiger charge is 2.28. The first-order valence-electron chi connectivity index (χ1n) is 6.34. The van der Waals surface area contributed by atoms with Crippen molar-refractivity contribution in [2.75, 3.05) is 0 Å². The molecule has 0 bridgehead atoms. The van der Waals surface area contributed by atoms with Crippen molar-refractivity contribution in [1.29, 1.82) is 0 Å². The fraction of sp³-hybridized carbons (Fsp3) is 0.286. The van der Waals surface area contributed by atoms with Gasteiger partial charge in [-0.2, -0.15) is 0 Å². The first-order valence-corrected chi connectivity index (χ1v) is 8.87. The van der Waals surface area contributed by atoms with Crippen molar-refractivity contribution in [1.82, 2.24) is 4.98 Å². The minimum Gasteiger partial charge on any atom is -0.369 e. The van der Waals surface area contributed by atoms with Gasteiger partial charge in [0.2, 0.25) is 5.91 Å². The number of hydrogen-bond donors (Lipinski definition) is 1. The van der Waals surface area contributed by atoms with Crippen LogP contribution >= 0.6 is 11.3 Å². The zero-order valence-electron chi connectivity index (χ0n) is 11.7. The van der Waals surface area contributed by atoms with E-state index in [0.29, 0.717) is 10.6 Å². The van der Waals surface area contributed by atoms with Crippen molar-refractivity contribution < 1.29 is 13.2 Å². The standard InChI is InChI=1S/C14H16N2O3S2/c1-9-12(8-21(18,19)10(2)13(15)17)20-14(16-9)11-6-4-3-5-7-11/h3-7,10H,8H2,1-2H3,(H2,15,17)/t10-/m0/s1. The summed E-state index contributed by atoms with van der Waals surface area (Å²) in [4.78, 5) is 16.1. The maximum absolute atomic E-state index is 12.1. The summed E-state index contributed by atoms with van der Waals surface area (Å²) in [6.45, 7) is 3.08. The largest absolute Gasteiger partial charge is 0.369 e. The van der Waals surface area contributed by atoms with Crippen LogP contribution in [0.2, 0.25) is 0 Å². The second kappa shape index (κ2) is 5.95. The molecule has 0 aliphatic rings. The molecule has 0 aliphatic carbocycles. The molecule has 0 fully saturated rings. The lowest BCUT2D eigenvalue weighted by atomic mass is 10.2. The minimum absolute atomic E-state index is 0.215. The average Bonchev–Trinajstić information content (AvgIpc) is 2.79. The van der Waals surface area contributed by atoms with E-state index >= 15 is 0 Å². The van der Waals surface area contributed by atoms with Gasteiger partial charge in [-0.3, -0.25) is 4.79 Å². The summed E-state index contributed by atoms with van der Waals surface area (Å²) >= 11 is 1.33. The third-order valence-electron chi connectivity index (χ3n) is 3.19. The lowest BCUT2D eigenvalue weighted by Gasteiger charge is -2.08. The Balaban J connectivity index is 2.31. The van der Waals surface area contributed by atoms with Gasteiger partial charge in [-0.05, 0) is 13.8 Å². The van der Waals surface area contributed by atoms with Gasteiger partial charge in [0, 0.05) is 10.4 Å². The van der Waals surface area contributed by atoms with Crippen LogP contribution in [-0.4, -0.2) is 24.6 Å². The van der Waals surface area contributed by atoms with Crippen LogP contribution in [0.15, 0.2) is 30.3 Å². The van der Waals surface area contributed by atoms with Gasteiger partial charge in [0.25, 0.3) is 0 Å². The highest BCUT2D eigenvalue weighted by molar-refractivity contribution is 7.92. The number of aromatic nitrogens is 1. The molecule has 2 aromatic rings. The van der Waals surface area contributed by atoms with Gasteiger partial charge in [0.1, 0.15) is 10.3 Å². The Hall–Kier alpha value is -1.73. The molecule has 2 N–H and O–H groups in total. The molecule has 7 heteroatoms. The highest BCUT2D eigenvalue weighted by atomic mass is 32.2. The van der Waals surface area contributed by atoms with E-state index in [9.17, 15) is 13.2 Å². The van der Waals surface area contributed by atoms with Crippen molar-refractivity contribution >= 4 is 27.1 Å². The fourth-order valence-corrected chi connectivity index (χ4v) is 4.52. The molecular weight excluding hydrogens is 308 g/mol. The Morgan fingerprint density at radius 1 is 1.33 bits per heavy atom. The van der Waals surface area contributed by atoms with E-state index < -0.39 is 21.0 Å². The lowest BCUT2D eigenvalue weighted by Crippen LogP contribution is -2.33. The van der Waals surface area contributed by atoms with Crippen molar-refractivity contribution in [3.63, 3.8) is 0 Å². The number of carbonyl (C=O) groups excluding carboxylic acids is 1. The molecule has 1 amide bonds. The Morgan fingerprint density at radius 2 is 1.95 bits per heavy atom. The minimum atomic E-state index is -3.61. The molecule has 5 nitrogen and oxygen atoms in total. The summed E-state index contributed by atoms with van der Waals surface area (Å²) < 4.78 is 24.2. The van der Waals surface area contributed by atoms with E-state index in [1.54, 1.807) is 6.92 Å². The summed E-state index contributed by atoms with van der Waals surface area (Å²) in [5.41, 5.74) is 6.69. The number of carbonyl (C=O) groups is 1. The van der Waals surface area contributed by atoms with Gasteiger partial charge in [0.05, 0.1) is 11.4 Å². The van der Waals surface area contributed by atoms with E-state index in [-0.39, 0.29) is 5.75 Å². The number of aryl methyl sites for hydroxylation is 1. The number of rotatable bonds is 5. The molecule has 0 radical (unpaired) electrons. The molecule has 0 aliphatic heterocycles. The van der Waals surface area contributed by atoms with Crippen LogP contribution < -0.4 is 5.73 Å². The van der Waals surface area contributed by atoms with Gasteiger partial charge in [-0.25, -0.2) is 13.4 Å². The number of sulfone groups is 1. The zero-order valence-corrected chi connectivity index (χ0v) is 13.4. The fourth-order valence-electron chi connectivity index (χ4n) is 1.75. The maximum atomic E-state index is 12.1. The van der Waals surface area contributed by atoms with E-state index in [1.165, 1.54) is 18.3 Å². The first kappa shape index (κ1) is 15.7. The van der Waals surface area contributed by atoms with Crippen molar-refractivity contribution in [3.8, 4) is 10.6 Å². The van der Waals surface area contributed by atoms with Gasteiger partial charge in [-0.1, -0.05) is 30.3 Å². The van der Waals surface area contributed by atoms with Gasteiger partial charge in [-0.15, -0.1) is 11.3 Å². The Morgan fingerprint density at radius 3 is 2.52 bits per heavy atom. The number of amides is 1. The average molecular weight is 324 g/mol. The van der Waals surface area contributed by atoms with Gasteiger partial charge < -0.3 is 5.73 Å². The predicted molar refractivity (Wildman–Crippen MR) is 83.6 cm³/mol. The van der Waals surface area contributed by atoms with Crippen LogP contribution in [-0.2, 0) is 20.4 Å². The van der Waals surface area contributed by atoms with E-state index in [4.69, 9.17) is 5.73 Å². The molecule has 1 aromatic heterocycles. The smallest absolute Gasteiger partial charge is 0.235 e. The molecule has 0 saturated heterocycles. The van der Waals surface area contributed by atoms with Crippen LogP contribution in [0, 0.1) is 6.92 Å². The molecule has 1 heterocycles. The summed E-state index contributed by atoms with van der Waals surface area (Å²) in [5.74, 6) is -1.05. The number of nitrogens with zero attached hydrogens (tertiary/aromatic N) is 1. The zero-order chi connectivity index (χ0) is 15.6. The third-order valence-corrected chi connectivity index (χ3v) is 6.57. The first-order chi connectivity index (χ1) is 9.81.